The number of halogens is 1. The summed E-state index contributed by atoms with van der Waals surface area (Å²) >= 11 is 3.59. The minimum absolute atomic E-state index is 0.0256. The molecule has 1 aromatic carbocycles. The number of aromatic nitrogens is 2. The van der Waals surface area contributed by atoms with E-state index in [1.165, 1.54) is 0 Å². The van der Waals surface area contributed by atoms with Gasteiger partial charge in [-0.1, -0.05) is 68.5 Å². The predicted molar refractivity (Wildman–Crippen MR) is 212 cm³/mol. The Hall–Kier alpha value is -4.63. The second kappa shape index (κ2) is 16.8. The van der Waals surface area contributed by atoms with E-state index in [0.29, 0.717) is 49.2 Å². The van der Waals surface area contributed by atoms with Crippen LogP contribution in [0.25, 0.3) is 22.3 Å². The highest BCUT2D eigenvalue weighted by atomic mass is 79.9. The van der Waals surface area contributed by atoms with Crippen LogP contribution in [0.3, 0.4) is 0 Å². The number of esters is 2. The van der Waals surface area contributed by atoms with Gasteiger partial charge in [0.2, 0.25) is 23.3 Å². The summed E-state index contributed by atoms with van der Waals surface area (Å²) in [6.07, 6.45) is 5.14. The van der Waals surface area contributed by atoms with Crippen molar-refractivity contribution in [2.24, 2.45) is 22.8 Å². The number of nitrogens with one attached hydrogen (secondary N) is 2. The summed E-state index contributed by atoms with van der Waals surface area (Å²) < 4.78 is 14.3. The van der Waals surface area contributed by atoms with Crippen LogP contribution < -0.4 is 27.7 Å². The fraction of sp³-hybridized carbons (Fsp3) is 0.537. The number of unbranched alkanes of at least 4 members (excludes halogenated alkanes) is 1. The monoisotopic (exact) mass is 834 g/mol. The number of rotatable bonds is 15. The Morgan fingerprint density at radius 2 is 1.82 bits per heavy atom. The standard InChI is InChI=1S/C41H51BrN6O8/c1-4-41(27-18-31-35-24(17-25-28(42)11-10-13-29(25)46-35)20-48(31)38(53)26(27)21-55-39(41)54)56-33(50)19-40(15-8-5-9-16-40)22-45-36(51)30(12-6-7-14-32(43)49)47-37(52)34(44)23(2)3/h10-11,13,17-18,23,30,34H,4-9,12,14-16,19-22,44H2,1-3H3,(H2,43,49)(H,45,51)(H,47,52)/t30-,34-,41-/m0/s1. The lowest BCUT2D eigenvalue weighted by molar-refractivity contribution is -0.191. The van der Waals surface area contributed by atoms with Crippen LogP contribution in [0.1, 0.15) is 108 Å². The van der Waals surface area contributed by atoms with E-state index in [4.69, 9.17) is 25.9 Å². The SMILES string of the molecule is CC[C@@]1(OC(=O)CC2(CNC(=O)[C@H](CCCCC(N)=O)NC(=O)[C@@H](N)C(C)C)CCCCC2)C(=O)OCc2c1cc1n(c2=O)Cc2cc3c(Br)cccc3nc2-1. The van der Waals surface area contributed by atoms with Crippen molar-refractivity contribution < 1.29 is 33.4 Å². The van der Waals surface area contributed by atoms with Crippen molar-refractivity contribution in [1.29, 1.82) is 0 Å². The third-order valence-electron chi connectivity index (χ3n) is 11.6. The quantitative estimate of drug-likeness (QED) is 0.0981. The number of nitrogens with zero attached hydrogens (tertiary/aromatic N) is 2. The number of benzene rings is 1. The fourth-order valence-corrected chi connectivity index (χ4v) is 8.73. The molecule has 1 saturated carbocycles. The van der Waals surface area contributed by atoms with Crippen molar-refractivity contribution in [1.82, 2.24) is 20.2 Å². The van der Waals surface area contributed by atoms with E-state index in [2.05, 4.69) is 26.6 Å². The molecule has 0 bridgehead atoms. The molecule has 6 rings (SSSR count). The van der Waals surface area contributed by atoms with Crippen molar-refractivity contribution in [2.45, 2.75) is 122 Å². The van der Waals surface area contributed by atoms with Gasteiger partial charge in [0.25, 0.3) is 5.56 Å². The largest absolute Gasteiger partial charge is 0.457 e. The molecule has 56 heavy (non-hydrogen) atoms. The second-order valence-corrected chi connectivity index (χ2v) is 16.7. The van der Waals surface area contributed by atoms with E-state index in [9.17, 15) is 28.8 Å². The zero-order chi connectivity index (χ0) is 40.4. The summed E-state index contributed by atoms with van der Waals surface area (Å²) in [6.45, 7) is 5.52. The molecule has 4 heterocycles. The van der Waals surface area contributed by atoms with Crippen molar-refractivity contribution in [2.75, 3.05) is 6.54 Å². The highest BCUT2D eigenvalue weighted by Crippen LogP contribution is 2.44. The Morgan fingerprint density at radius 1 is 1.07 bits per heavy atom. The first-order valence-corrected chi connectivity index (χ1v) is 20.3. The number of carbonyl (C=O) groups excluding carboxylic acids is 5. The normalized spacial score (nSPS) is 19.3. The molecular weight excluding hydrogens is 784 g/mol. The van der Waals surface area contributed by atoms with Crippen LogP contribution >= 0.6 is 15.9 Å². The number of carbonyl (C=O) groups is 5. The molecule has 14 nitrogen and oxygen atoms in total. The Balaban J connectivity index is 1.24. The van der Waals surface area contributed by atoms with Gasteiger partial charge in [-0.3, -0.25) is 24.0 Å². The van der Waals surface area contributed by atoms with Gasteiger partial charge >= 0.3 is 11.9 Å². The Kier molecular flexibility index (Phi) is 12.3. The van der Waals surface area contributed by atoms with E-state index in [1.807, 2.05) is 38.1 Å². The maximum atomic E-state index is 14.1. The highest BCUT2D eigenvalue weighted by molar-refractivity contribution is 9.10. The average molecular weight is 836 g/mol. The fourth-order valence-electron chi connectivity index (χ4n) is 8.26. The molecule has 0 radical (unpaired) electrons. The minimum atomic E-state index is -1.86. The molecule has 3 aliphatic rings. The Bertz CT molecular complexity index is 2110. The van der Waals surface area contributed by atoms with E-state index in [-0.39, 0.29) is 55.9 Å². The molecule has 2 aromatic heterocycles. The van der Waals surface area contributed by atoms with Crippen molar-refractivity contribution in [3.8, 4) is 11.4 Å². The van der Waals surface area contributed by atoms with E-state index < -0.39 is 52.8 Å². The van der Waals surface area contributed by atoms with Crippen molar-refractivity contribution >= 4 is 56.5 Å². The third-order valence-corrected chi connectivity index (χ3v) is 12.3. The molecule has 15 heteroatoms. The van der Waals surface area contributed by atoms with E-state index in [1.54, 1.807) is 17.6 Å². The summed E-state index contributed by atoms with van der Waals surface area (Å²) in [5.74, 6) is -2.88. The smallest absolute Gasteiger partial charge is 0.355 e. The number of cyclic esters (lactones) is 1. The molecule has 0 spiro atoms. The predicted octanol–water partition coefficient (Wildman–Crippen LogP) is 4.36. The lowest BCUT2D eigenvalue weighted by Crippen LogP contribution is -2.54. The first-order valence-electron chi connectivity index (χ1n) is 19.6. The van der Waals surface area contributed by atoms with Gasteiger partial charge in [-0.2, -0.15) is 0 Å². The molecule has 0 saturated heterocycles. The van der Waals surface area contributed by atoms with Gasteiger partial charge in [0.1, 0.15) is 12.6 Å². The van der Waals surface area contributed by atoms with Crippen LogP contribution in [0.15, 0.2) is 39.6 Å². The molecule has 300 valence electrons. The van der Waals surface area contributed by atoms with Gasteiger partial charge in [0, 0.05) is 34.0 Å². The molecular formula is C41H51BrN6O8. The van der Waals surface area contributed by atoms with Gasteiger partial charge in [-0.15, -0.1) is 0 Å². The van der Waals surface area contributed by atoms with Crippen LogP contribution in [0.4, 0.5) is 0 Å². The first kappa shape index (κ1) is 41.0. The highest BCUT2D eigenvalue weighted by Gasteiger charge is 2.51. The Morgan fingerprint density at radius 3 is 2.52 bits per heavy atom. The Labute approximate surface area is 333 Å². The zero-order valence-electron chi connectivity index (χ0n) is 32.2. The molecule has 0 unspecified atom stereocenters. The number of fused-ring (bicyclic) bond motifs is 5. The second-order valence-electron chi connectivity index (χ2n) is 15.8. The van der Waals surface area contributed by atoms with Gasteiger partial charge in [-0.25, -0.2) is 9.78 Å². The molecule has 1 aliphatic carbocycles. The van der Waals surface area contributed by atoms with Crippen LogP contribution in [0, 0.1) is 11.3 Å². The number of ether oxygens (including phenoxy) is 2. The molecule has 3 atom stereocenters. The van der Waals surface area contributed by atoms with Crippen LogP contribution in [-0.2, 0) is 52.2 Å². The summed E-state index contributed by atoms with van der Waals surface area (Å²) in [4.78, 5) is 84.7. The molecule has 6 N–H and O–H groups in total. The van der Waals surface area contributed by atoms with Gasteiger partial charge < -0.3 is 36.1 Å². The van der Waals surface area contributed by atoms with Crippen LogP contribution in [0.5, 0.6) is 0 Å². The van der Waals surface area contributed by atoms with E-state index in [0.717, 1.165) is 40.2 Å². The number of nitrogens with two attached hydrogens (primary N) is 2. The number of hydrogen-bond donors (Lipinski definition) is 4. The molecule has 3 aromatic rings. The van der Waals surface area contributed by atoms with Gasteiger partial charge in [0.05, 0.1) is 41.5 Å². The maximum absolute atomic E-state index is 14.1. The lowest BCUT2D eigenvalue weighted by Gasteiger charge is -2.39. The maximum Gasteiger partial charge on any atom is 0.355 e. The lowest BCUT2D eigenvalue weighted by atomic mass is 9.71. The van der Waals surface area contributed by atoms with E-state index >= 15 is 0 Å². The van der Waals surface area contributed by atoms with Gasteiger partial charge in [-0.05, 0) is 67.7 Å². The summed E-state index contributed by atoms with van der Waals surface area (Å²) in [5.41, 5.74) is 11.8. The van der Waals surface area contributed by atoms with Crippen LogP contribution in [0.2, 0.25) is 0 Å². The van der Waals surface area contributed by atoms with Crippen LogP contribution in [-0.4, -0.2) is 57.8 Å². The summed E-state index contributed by atoms with van der Waals surface area (Å²) in [5, 5.41) is 6.69. The molecule has 2 aliphatic heterocycles. The third kappa shape index (κ3) is 8.24. The minimum Gasteiger partial charge on any atom is -0.457 e. The summed E-state index contributed by atoms with van der Waals surface area (Å²) in [7, 11) is 0. The first-order chi connectivity index (χ1) is 26.7. The number of hydrogen-bond acceptors (Lipinski definition) is 10. The molecule has 1 fully saturated rings. The molecule has 3 amide bonds. The number of pyridine rings is 2. The van der Waals surface area contributed by atoms with Crippen molar-refractivity contribution in [3.63, 3.8) is 0 Å². The number of primary amides is 1. The zero-order valence-corrected chi connectivity index (χ0v) is 33.8. The van der Waals surface area contributed by atoms with Crippen molar-refractivity contribution in [3.05, 3.63) is 61.8 Å². The van der Waals surface area contributed by atoms with Gasteiger partial charge in [0.15, 0.2) is 0 Å². The average Bonchev–Trinajstić information content (AvgIpc) is 3.53. The number of amides is 3. The summed E-state index contributed by atoms with van der Waals surface area (Å²) in [6, 6.07) is 7.73. The topological polar surface area (TPSA) is 215 Å².